The zero-order valence-electron chi connectivity index (χ0n) is 8.84. The normalized spacial score (nSPS) is 27.1. The van der Waals surface area contributed by atoms with Crippen LogP contribution >= 0.6 is 11.8 Å². The molecule has 0 bridgehead atoms. The maximum atomic E-state index is 5.99. The number of hydrogen-bond donors (Lipinski definition) is 2. The molecule has 4 nitrogen and oxygen atoms in total. The lowest BCUT2D eigenvalue weighted by Crippen LogP contribution is -2.36. The van der Waals surface area contributed by atoms with Crippen LogP contribution in [0, 0.1) is 0 Å². The van der Waals surface area contributed by atoms with Crippen molar-refractivity contribution in [3.63, 3.8) is 0 Å². The highest BCUT2D eigenvalue weighted by Crippen LogP contribution is 2.35. The molecule has 0 aromatic heterocycles. The Balaban J connectivity index is 2.07. The van der Waals surface area contributed by atoms with E-state index in [-0.39, 0.29) is 11.4 Å². The van der Waals surface area contributed by atoms with Crippen molar-refractivity contribution in [2.75, 3.05) is 5.32 Å². The first-order chi connectivity index (χ1) is 7.74. The summed E-state index contributed by atoms with van der Waals surface area (Å²) in [4.78, 5) is 8.92. The smallest absolute Gasteiger partial charge is 0.138 e. The molecule has 0 saturated heterocycles. The third kappa shape index (κ3) is 1.48. The van der Waals surface area contributed by atoms with E-state index < -0.39 is 0 Å². The van der Waals surface area contributed by atoms with Crippen molar-refractivity contribution in [1.29, 1.82) is 0 Å². The number of nitrogens with two attached hydrogens (primary N) is 1. The van der Waals surface area contributed by atoms with Crippen LogP contribution in [0.2, 0.25) is 0 Å². The molecule has 5 heteroatoms. The van der Waals surface area contributed by atoms with Crippen molar-refractivity contribution in [2.24, 2.45) is 15.7 Å². The Morgan fingerprint density at radius 2 is 2.19 bits per heavy atom. The van der Waals surface area contributed by atoms with Crippen molar-refractivity contribution in [1.82, 2.24) is 0 Å². The quantitative estimate of drug-likeness (QED) is 0.718. The number of para-hydroxylation sites is 2. The van der Waals surface area contributed by atoms with Gasteiger partial charge in [0.2, 0.25) is 0 Å². The van der Waals surface area contributed by atoms with Gasteiger partial charge in [0.15, 0.2) is 0 Å². The van der Waals surface area contributed by atoms with Gasteiger partial charge >= 0.3 is 0 Å². The number of benzene rings is 1. The molecule has 2 heterocycles. The Morgan fingerprint density at radius 1 is 1.38 bits per heavy atom. The number of rotatable bonds is 0. The molecule has 0 amide bonds. The van der Waals surface area contributed by atoms with E-state index in [0.29, 0.717) is 5.84 Å². The van der Waals surface area contributed by atoms with Crippen molar-refractivity contribution in [2.45, 2.75) is 18.3 Å². The number of anilines is 1. The average molecular weight is 232 g/mol. The first-order valence-corrected chi connectivity index (χ1v) is 6.03. The molecule has 3 rings (SSSR count). The van der Waals surface area contributed by atoms with Crippen molar-refractivity contribution in [3.8, 4) is 0 Å². The molecular formula is C11H12N4S. The third-order valence-electron chi connectivity index (χ3n) is 2.66. The molecule has 0 spiro atoms. The third-order valence-corrected chi connectivity index (χ3v) is 3.74. The summed E-state index contributed by atoms with van der Waals surface area (Å²) in [7, 11) is 0. The molecule has 2 aliphatic rings. The summed E-state index contributed by atoms with van der Waals surface area (Å²) in [5, 5.41) is 4.67. The SMILES string of the molecule is CC1=NC2C(N)=Nc3ccccc3NC2S1. The largest absolute Gasteiger partial charge is 0.385 e. The summed E-state index contributed by atoms with van der Waals surface area (Å²) in [5.74, 6) is 0.590. The molecule has 16 heavy (non-hydrogen) atoms. The van der Waals surface area contributed by atoms with Crippen LogP contribution in [-0.2, 0) is 0 Å². The zero-order chi connectivity index (χ0) is 11.1. The van der Waals surface area contributed by atoms with Crippen LogP contribution in [0.3, 0.4) is 0 Å². The van der Waals surface area contributed by atoms with E-state index in [1.807, 2.05) is 31.2 Å². The van der Waals surface area contributed by atoms with Crippen LogP contribution in [0.5, 0.6) is 0 Å². The molecule has 2 aliphatic heterocycles. The Kier molecular flexibility index (Phi) is 2.14. The van der Waals surface area contributed by atoms with Crippen LogP contribution in [0.25, 0.3) is 0 Å². The predicted molar refractivity (Wildman–Crippen MR) is 69.6 cm³/mol. The van der Waals surface area contributed by atoms with E-state index in [0.717, 1.165) is 16.4 Å². The fraction of sp³-hybridized carbons (Fsp3) is 0.273. The number of nitrogens with one attached hydrogen (secondary N) is 1. The summed E-state index contributed by atoms with van der Waals surface area (Å²) in [6, 6.07) is 7.88. The lowest BCUT2D eigenvalue weighted by atomic mass is 10.2. The van der Waals surface area contributed by atoms with Gasteiger partial charge < -0.3 is 11.1 Å². The molecule has 0 radical (unpaired) electrons. The molecule has 82 valence electrons. The fourth-order valence-corrected chi connectivity index (χ4v) is 2.98. The number of amidine groups is 1. The topological polar surface area (TPSA) is 62.8 Å². The first-order valence-electron chi connectivity index (χ1n) is 5.15. The van der Waals surface area contributed by atoms with Gasteiger partial charge in [0.05, 0.1) is 16.4 Å². The Morgan fingerprint density at radius 3 is 3.06 bits per heavy atom. The lowest BCUT2D eigenvalue weighted by Gasteiger charge is -2.16. The molecule has 0 fully saturated rings. The fourth-order valence-electron chi connectivity index (χ4n) is 1.92. The number of aliphatic imine (C=N–C) groups is 2. The van der Waals surface area contributed by atoms with E-state index in [1.165, 1.54) is 0 Å². The molecular weight excluding hydrogens is 220 g/mol. The molecule has 2 atom stereocenters. The Labute approximate surface area is 98.0 Å². The number of thioether (sulfide) groups is 1. The molecule has 1 aromatic carbocycles. The minimum absolute atomic E-state index is 0.0441. The van der Waals surface area contributed by atoms with Gasteiger partial charge in [-0.2, -0.15) is 0 Å². The highest BCUT2D eigenvalue weighted by molar-refractivity contribution is 8.14. The summed E-state index contributed by atoms with van der Waals surface area (Å²) in [6.07, 6.45) is 0. The zero-order valence-corrected chi connectivity index (χ0v) is 9.66. The number of hydrogen-bond acceptors (Lipinski definition) is 5. The highest BCUT2D eigenvalue weighted by atomic mass is 32.2. The summed E-state index contributed by atoms with van der Waals surface area (Å²) in [6.45, 7) is 2.00. The van der Waals surface area contributed by atoms with Crippen molar-refractivity contribution >= 4 is 34.0 Å². The molecule has 0 saturated carbocycles. The van der Waals surface area contributed by atoms with Crippen LogP contribution in [-0.4, -0.2) is 22.3 Å². The van der Waals surface area contributed by atoms with E-state index >= 15 is 0 Å². The van der Waals surface area contributed by atoms with Crippen LogP contribution in [0.1, 0.15) is 6.92 Å². The standard InChI is InChI=1S/C11H12N4S/c1-6-13-9-10(12)14-7-4-2-3-5-8(7)15-11(9)16-6/h2-5,9,11,15H,1H3,(H2,12,14). The van der Waals surface area contributed by atoms with Gasteiger partial charge in [-0.25, -0.2) is 4.99 Å². The molecule has 2 unspecified atom stereocenters. The van der Waals surface area contributed by atoms with Gasteiger partial charge in [0.25, 0.3) is 0 Å². The van der Waals surface area contributed by atoms with Crippen LogP contribution in [0.15, 0.2) is 34.3 Å². The Bertz CT molecular complexity index is 495. The second-order valence-electron chi connectivity index (χ2n) is 3.83. The van der Waals surface area contributed by atoms with Gasteiger partial charge in [-0.15, -0.1) is 0 Å². The Hall–Kier alpha value is -1.49. The van der Waals surface area contributed by atoms with Crippen LogP contribution in [0.4, 0.5) is 11.4 Å². The lowest BCUT2D eigenvalue weighted by molar-refractivity contribution is 0.868. The average Bonchev–Trinajstić information content (AvgIpc) is 2.57. The monoisotopic (exact) mass is 232 g/mol. The van der Waals surface area contributed by atoms with Gasteiger partial charge in [0, 0.05) is 0 Å². The van der Waals surface area contributed by atoms with Crippen molar-refractivity contribution in [3.05, 3.63) is 24.3 Å². The number of fused-ring (bicyclic) bond motifs is 2. The van der Waals surface area contributed by atoms with E-state index in [1.54, 1.807) is 11.8 Å². The van der Waals surface area contributed by atoms with Gasteiger partial charge in [-0.1, -0.05) is 23.9 Å². The minimum atomic E-state index is -0.0441. The molecule has 3 N–H and O–H groups in total. The summed E-state index contributed by atoms with van der Waals surface area (Å²) < 4.78 is 0. The maximum absolute atomic E-state index is 5.99. The van der Waals surface area contributed by atoms with E-state index in [2.05, 4.69) is 15.3 Å². The second kappa shape index (κ2) is 3.52. The van der Waals surface area contributed by atoms with Gasteiger partial charge in [-0.05, 0) is 19.1 Å². The van der Waals surface area contributed by atoms with Crippen LogP contribution < -0.4 is 11.1 Å². The maximum Gasteiger partial charge on any atom is 0.138 e. The predicted octanol–water partition coefficient (Wildman–Crippen LogP) is 1.96. The van der Waals surface area contributed by atoms with Crippen molar-refractivity contribution < 1.29 is 0 Å². The minimum Gasteiger partial charge on any atom is -0.385 e. The van der Waals surface area contributed by atoms with E-state index in [9.17, 15) is 0 Å². The molecule has 1 aromatic rings. The second-order valence-corrected chi connectivity index (χ2v) is 5.16. The van der Waals surface area contributed by atoms with E-state index in [4.69, 9.17) is 5.73 Å². The molecule has 0 aliphatic carbocycles. The first kappa shape index (κ1) is 9.72. The summed E-state index contributed by atoms with van der Waals surface area (Å²) >= 11 is 1.71. The number of nitrogens with zero attached hydrogens (tertiary/aromatic N) is 2. The highest BCUT2D eigenvalue weighted by Gasteiger charge is 2.33. The van der Waals surface area contributed by atoms with Gasteiger partial charge in [-0.3, -0.25) is 4.99 Å². The summed E-state index contributed by atoms with van der Waals surface area (Å²) in [5.41, 5.74) is 7.90. The van der Waals surface area contributed by atoms with Gasteiger partial charge in [0.1, 0.15) is 17.3 Å².